The molecule has 1 rings (SSSR count). The first kappa shape index (κ1) is 15.8. The Morgan fingerprint density at radius 1 is 1.26 bits per heavy atom. The third-order valence-corrected chi connectivity index (χ3v) is 2.94. The van der Waals surface area contributed by atoms with Crippen LogP contribution >= 0.6 is 0 Å². The molecule has 19 heavy (non-hydrogen) atoms. The summed E-state index contributed by atoms with van der Waals surface area (Å²) in [6.07, 6.45) is 1.99. The Labute approximate surface area is 114 Å². The molecular formula is C13H25N3O3. The molecule has 1 heterocycles. The number of amides is 2. The predicted molar refractivity (Wildman–Crippen MR) is 72.9 cm³/mol. The van der Waals surface area contributed by atoms with Crippen LogP contribution < -0.4 is 16.0 Å². The van der Waals surface area contributed by atoms with Gasteiger partial charge < -0.3 is 20.7 Å². The van der Waals surface area contributed by atoms with Crippen LogP contribution in [0.1, 0.15) is 40.0 Å². The van der Waals surface area contributed by atoms with E-state index < -0.39 is 11.7 Å². The summed E-state index contributed by atoms with van der Waals surface area (Å²) in [7, 11) is 1.64. The predicted octanol–water partition coefficient (Wildman–Crippen LogP) is 0.768. The van der Waals surface area contributed by atoms with Crippen LogP contribution in [0.25, 0.3) is 0 Å². The summed E-state index contributed by atoms with van der Waals surface area (Å²) in [5.74, 6) is 0.0400. The minimum atomic E-state index is -0.477. The zero-order chi connectivity index (χ0) is 14.5. The summed E-state index contributed by atoms with van der Waals surface area (Å²) in [6.45, 7) is 6.03. The largest absolute Gasteiger partial charge is 0.444 e. The minimum absolute atomic E-state index is 0.0400. The molecule has 1 aliphatic heterocycles. The molecule has 0 aromatic heterocycles. The number of carbonyl (C=O) groups excluding carboxylic acids is 2. The van der Waals surface area contributed by atoms with Gasteiger partial charge in [0.2, 0.25) is 5.91 Å². The molecule has 1 aliphatic rings. The van der Waals surface area contributed by atoms with Crippen molar-refractivity contribution in [2.75, 3.05) is 13.6 Å². The van der Waals surface area contributed by atoms with Gasteiger partial charge in [-0.3, -0.25) is 4.79 Å². The molecule has 0 radical (unpaired) electrons. The maximum Gasteiger partial charge on any atom is 0.407 e. The van der Waals surface area contributed by atoms with Gasteiger partial charge in [0, 0.05) is 32.1 Å². The van der Waals surface area contributed by atoms with Crippen LogP contribution in [0.4, 0.5) is 4.79 Å². The van der Waals surface area contributed by atoms with Gasteiger partial charge in [-0.2, -0.15) is 0 Å². The zero-order valence-corrected chi connectivity index (χ0v) is 12.2. The highest BCUT2D eigenvalue weighted by Gasteiger charge is 2.26. The monoisotopic (exact) mass is 271 g/mol. The number of hydrogen-bond acceptors (Lipinski definition) is 4. The van der Waals surface area contributed by atoms with E-state index in [4.69, 9.17) is 4.74 Å². The molecule has 0 spiro atoms. The fourth-order valence-corrected chi connectivity index (χ4v) is 2.07. The number of rotatable bonds is 4. The normalized spacial score (nSPS) is 22.9. The van der Waals surface area contributed by atoms with Crippen LogP contribution in [0, 0.1) is 0 Å². The van der Waals surface area contributed by atoms with Gasteiger partial charge >= 0.3 is 6.09 Å². The highest BCUT2D eigenvalue weighted by Crippen LogP contribution is 2.14. The number of hydrogen-bond donors (Lipinski definition) is 3. The molecule has 0 aromatic carbocycles. The lowest BCUT2D eigenvalue weighted by Gasteiger charge is -2.21. The SMILES string of the molecule is CNC(=O)C[C@H]1CC[C@@H](CNC(=O)OC(C)(C)C)N1. The second-order valence-electron chi connectivity index (χ2n) is 5.90. The van der Waals surface area contributed by atoms with Gasteiger partial charge in [-0.15, -0.1) is 0 Å². The molecule has 6 heteroatoms. The van der Waals surface area contributed by atoms with Crippen molar-refractivity contribution in [1.29, 1.82) is 0 Å². The lowest BCUT2D eigenvalue weighted by molar-refractivity contribution is -0.121. The molecular weight excluding hydrogens is 246 g/mol. The second-order valence-corrected chi connectivity index (χ2v) is 5.90. The van der Waals surface area contributed by atoms with Crippen molar-refractivity contribution in [2.24, 2.45) is 0 Å². The van der Waals surface area contributed by atoms with Crippen molar-refractivity contribution in [3.63, 3.8) is 0 Å². The first-order chi connectivity index (χ1) is 8.80. The summed E-state index contributed by atoms with van der Waals surface area (Å²) in [5, 5.41) is 8.70. The van der Waals surface area contributed by atoms with E-state index >= 15 is 0 Å². The van der Waals surface area contributed by atoms with Gasteiger partial charge in [0.25, 0.3) is 0 Å². The zero-order valence-electron chi connectivity index (χ0n) is 12.2. The van der Waals surface area contributed by atoms with E-state index in [2.05, 4.69) is 16.0 Å². The van der Waals surface area contributed by atoms with E-state index in [1.54, 1.807) is 7.05 Å². The quantitative estimate of drug-likeness (QED) is 0.705. The smallest absolute Gasteiger partial charge is 0.407 e. The van der Waals surface area contributed by atoms with E-state index in [9.17, 15) is 9.59 Å². The van der Waals surface area contributed by atoms with Crippen LogP contribution in [-0.2, 0) is 9.53 Å². The Kier molecular flexibility index (Phi) is 5.60. The Balaban J connectivity index is 2.22. The molecule has 1 saturated heterocycles. The van der Waals surface area contributed by atoms with E-state index in [0.717, 1.165) is 12.8 Å². The van der Waals surface area contributed by atoms with E-state index in [-0.39, 0.29) is 18.0 Å². The Bertz CT molecular complexity index is 326. The van der Waals surface area contributed by atoms with Crippen molar-refractivity contribution < 1.29 is 14.3 Å². The van der Waals surface area contributed by atoms with Gasteiger partial charge in [-0.25, -0.2) is 4.79 Å². The van der Waals surface area contributed by atoms with Crippen LogP contribution in [-0.4, -0.2) is 43.3 Å². The molecule has 2 amide bonds. The molecule has 110 valence electrons. The summed E-state index contributed by atoms with van der Waals surface area (Å²) in [6, 6.07) is 0.410. The van der Waals surface area contributed by atoms with Crippen molar-refractivity contribution in [3.05, 3.63) is 0 Å². The maximum atomic E-state index is 11.5. The molecule has 3 N–H and O–H groups in total. The standard InChI is InChI=1S/C13H25N3O3/c1-13(2,3)19-12(18)15-8-10-6-5-9(16-10)7-11(17)14-4/h9-10,16H,5-8H2,1-4H3,(H,14,17)(H,15,18)/t9-,10+/m1/s1. The van der Waals surface area contributed by atoms with Crippen molar-refractivity contribution in [2.45, 2.75) is 57.7 Å². The topological polar surface area (TPSA) is 79.5 Å². The van der Waals surface area contributed by atoms with E-state index in [1.807, 2.05) is 20.8 Å². The van der Waals surface area contributed by atoms with Gasteiger partial charge in [0.05, 0.1) is 0 Å². The Morgan fingerprint density at radius 3 is 2.47 bits per heavy atom. The molecule has 6 nitrogen and oxygen atoms in total. The lowest BCUT2D eigenvalue weighted by atomic mass is 10.1. The van der Waals surface area contributed by atoms with Gasteiger partial charge in [-0.05, 0) is 33.6 Å². The lowest BCUT2D eigenvalue weighted by Crippen LogP contribution is -2.42. The van der Waals surface area contributed by atoms with Gasteiger partial charge in [-0.1, -0.05) is 0 Å². The molecule has 2 atom stereocenters. The van der Waals surface area contributed by atoms with Crippen LogP contribution in [0.3, 0.4) is 0 Å². The number of nitrogens with one attached hydrogen (secondary N) is 3. The summed E-state index contributed by atoms with van der Waals surface area (Å²) >= 11 is 0. The fourth-order valence-electron chi connectivity index (χ4n) is 2.07. The van der Waals surface area contributed by atoms with Crippen molar-refractivity contribution >= 4 is 12.0 Å². The molecule has 0 unspecified atom stereocenters. The average molecular weight is 271 g/mol. The fraction of sp³-hybridized carbons (Fsp3) is 0.846. The number of alkyl carbamates (subject to hydrolysis) is 1. The molecule has 1 fully saturated rings. The third-order valence-electron chi connectivity index (χ3n) is 2.94. The second kappa shape index (κ2) is 6.75. The molecule has 0 aromatic rings. The van der Waals surface area contributed by atoms with E-state index in [0.29, 0.717) is 13.0 Å². The molecule has 0 aliphatic carbocycles. The first-order valence-corrected chi connectivity index (χ1v) is 6.73. The van der Waals surface area contributed by atoms with Gasteiger partial charge in [0.1, 0.15) is 5.60 Å². The Morgan fingerprint density at radius 2 is 1.89 bits per heavy atom. The highest BCUT2D eigenvalue weighted by atomic mass is 16.6. The highest BCUT2D eigenvalue weighted by molar-refractivity contribution is 5.76. The number of carbonyl (C=O) groups is 2. The maximum absolute atomic E-state index is 11.5. The minimum Gasteiger partial charge on any atom is -0.444 e. The summed E-state index contributed by atoms with van der Waals surface area (Å²) in [4.78, 5) is 22.8. The van der Waals surface area contributed by atoms with Crippen LogP contribution in [0.5, 0.6) is 0 Å². The average Bonchev–Trinajstić information content (AvgIpc) is 2.71. The summed E-state index contributed by atoms with van der Waals surface area (Å²) in [5.41, 5.74) is -0.477. The number of ether oxygens (including phenoxy) is 1. The van der Waals surface area contributed by atoms with Crippen LogP contribution in [0.15, 0.2) is 0 Å². The van der Waals surface area contributed by atoms with Crippen molar-refractivity contribution in [1.82, 2.24) is 16.0 Å². The first-order valence-electron chi connectivity index (χ1n) is 6.73. The van der Waals surface area contributed by atoms with Crippen molar-refractivity contribution in [3.8, 4) is 0 Å². The third kappa shape index (κ3) is 6.42. The molecule has 0 saturated carbocycles. The van der Waals surface area contributed by atoms with Crippen LogP contribution in [0.2, 0.25) is 0 Å². The van der Waals surface area contributed by atoms with E-state index in [1.165, 1.54) is 0 Å². The van der Waals surface area contributed by atoms with Gasteiger partial charge in [0.15, 0.2) is 0 Å². The molecule has 0 bridgehead atoms. The Hall–Kier alpha value is -1.30. The summed E-state index contributed by atoms with van der Waals surface area (Å²) < 4.78 is 5.16.